The third kappa shape index (κ3) is 6.80. The summed E-state index contributed by atoms with van der Waals surface area (Å²) in [6, 6.07) is 0. The van der Waals surface area contributed by atoms with Crippen LogP contribution in [0.2, 0.25) is 0 Å². The van der Waals surface area contributed by atoms with E-state index in [1.54, 1.807) is 0 Å². The van der Waals surface area contributed by atoms with Gasteiger partial charge in [0.15, 0.2) is 0 Å². The zero-order valence-corrected chi connectivity index (χ0v) is 12.4. The van der Waals surface area contributed by atoms with Crippen molar-refractivity contribution in [3.63, 3.8) is 0 Å². The number of hydroxylamine groups is 3. The highest BCUT2D eigenvalue weighted by atomic mass is 16.7. The minimum Gasteiger partial charge on any atom is -0.0853 e. The Morgan fingerprint density at radius 3 is 1.67 bits per heavy atom. The summed E-state index contributed by atoms with van der Waals surface area (Å²) in [6.45, 7) is 12.8. The third-order valence-corrected chi connectivity index (χ3v) is 3.21. The number of carbonyl (C=O) groups is 1. The van der Waals surface area contributed by atoms with E-state index in [1.807, 2.05) is 0 Å². The Morgan fingerprint density at radius 1 is 1.00 bits per heavy atom. The summed E-state index contributed by atoms with van der Waals surface area (Å²) >= 11 is 0. The molecule has 0 N–H and O–H groups in total. The summed E-state index contributed by atoms with van der Waals surface area (Å²) in [7, 11) is 0. The fourth-order valence-corrected chi connectivity index (χ4v) is 2.04. The van der Waals surface area contributed by atoms with Crippen molar-refractivity contribution in [3.8, 4) is 0 Å². The maximum atomic E-state index is 11.6. The van der Waals surface area contributed by atoms with Gasteiger partial charge in [-0.05, 0) is 0 Å². The van der Waals surface area contributed by atoms with E-state index in [2.05, 4.69) is 27.4 Å². The van der Waals surface area contributed by atoms with Crippen molar-refractivity contribution in [2.45, 2.75) is 59.3 Å². The summed E-state index contributed by atoms with van der Waals surface area (Å²) in [6.07, 6.45) is 7.95. The summed E-state index contributed by atoms with van der Waals surface area (Å²) in [4.78, 5) is 17.2. The first-order valence-corrected chi connectivity index (χ1v) is 7.36. The monoisotopic (exact) mass is 256 g/mol. The number of quaternary nitrogens is 1. The van der Waals surface area contributed by atoms with Gasteiger partial charge in [0, 0.05) is 19.3 Å². The van der Waals surface area contributed by atoms with E-state index in [-0.39, 0.29) is 5.97 Å². The molecular weight excluding hydrogens is 226 g/mol. The molecule has 0 amide bonds. The first-order valence-electron chi connectivity index (χ1n) is 7.36. The van der Waals surface area contributed by atoms with Crippen LogP contribution in [0.3, 0.4) is 0 Å². The summed E-state index contributed by atoms with van der Waals surface area (Å²) in [5.41, 5.74) is 0. The van der Waals surface area contributed by atoms with Gasteiger partial charge < -0.3 is 0 Å². The average molecular weight is 256 g/mol. The number of nitrogens with zero attached hydrogens (tertiary/aromatic N) is 1. The van der Waals surface area contributed by atoms with E-state index in [9.17, 15) is 4.79 Å². The highest BCUT2D eigenvalue weighted by molar-refractivity contribution is 5.80. The molecular formula is C15H30NO2+2. The quantitative estimate of drug-likeness (QED) is 0.243. The van der Waals surface area contributed by atoms with E-state index in [0.717, 1.165) is 58.2 Å². The number of carbonyl (C=O) groups excluding carboxylic acids is 1. The molecule has 0 unspecified atom stereocenters. The highest BCUT2D eigenvalue weighted by Crippen LogP contribution is 2.16. The van der Waals surface area contributed by atoms with Gasteiger partial charge in [0.25, 0.3) is 0 Å². The number of hydrogen-bond acceptors (Lipinski definition) is 2. The summed E-state index contributed by atoms with van der Waals surface area (Å²) < 4.78 is 0.486. The largest absolute Gasteiger partial charge is 0.662 e. The standard InChI is InChI=1S/C15H30NO2/c1-5-9-12-16(13-10-6-2,14-11-7-3)18-15(17)8-4/h8H,4-7,9-14H2,1-3H3/q+2. The smallest absolute Gasteiger partial charge is 0.0853 e. The lowest BCUT2D eigenvalue weighted by Gasteiger charge is -2.27. The van der Waals surface area contributed by atoms with Crippen molar-refractivity contribution in [2.24, 2.45) is 0 Å². The predicted octanol–water partition coefficient (Wildman–Crippen LogP) is 3.85. The molecule has 0 aromatic carbocycles. The minimum absolute atomic E-state index is 0.293. The molecule has 0 atom stereocenters. The van der Waals surface area contributed by atoms with Crippen LogP contribution >= 0.6 is 0 Å². The Labute approximate surface area is 112 Å². The fraction of sp³-hybridized carbons (Fsp3) is 0.800. The Balaban J connectivity index is 4.71. The van der Waals surface area contributed by atoms with Crippen LogP contribution in [-0.2, 0) is 9.63 Å². The molecule has 0 saturated heterocycles. The van der Waals surface area contributed by atoms with Crippen molar-refractivity contribution in [3.05, 3.63) is 12.7 Å². The molecule has 0 fully saturated rings. The van der Waals surface area contributed by atoms with Gasteiger partial charge in [-0.3, -0.25) is 0 Å². The maximum Gasteiger partial charge on any atom is 0.662 e. The molecule has 3 nitrogen and oxygen atoms in total. The molecule has 0 saturated carbocycles. The van der Waals surface area contributed by atoms with Crippen LogP contribution < -0.4 is 0 Å². The lowest BCUT2D eigenvalue weighted by molar-refractivity contribution is -1.09. The lowest BCUT2D eigenvalue weighted by Crippen LogP contribution is -2.51. The topological polar surface area (TPSA) is 29.1 Å². The van der Waals surface area contributed by atoms with Gasteiger partial charge >= 0.3 is 5.97 Å². The molecule has 0 spiro atoms. The number of hydrogen-bond donors (Lipinski definition) is 0. The summed E-state index contributed by atoms with van der Waals surface area (Å²) in [5, 5.41) is 0. The van der Waals surface area contributed by atoms with Crippen molar-refractivity contribution >= 4 is 5.97 Å². The second-order valence-electron chi connectivity index (χ2n) is 4.90. The van der Waals surface area contributed by atoms with Gasteiger partial charge in [-0.1, -0.05) is 56.1 Å². The second-order valence-corrected chi connectivity index (χ2v) is 4.90. The van der Waals surface area contributed by atoms with Crippen LogP contribution in [0, 0.1) is 0 Å². The molecule has 0 rings (SSSR count). The molecule has 0 aliphatic heterocycles. The predicted molar refractivity (Wildman–Crippen MR) is 75.9 cm³/mol. The van der Waals surface area contributed by atoms with Crippen molar-refractivity contribution in [1.29, 1.82) is 0 Å². The van der Waals surface area contributed by atoms with Crippen LogP contribution in [0.25, 0.3) is 0 Å². The van der Waals surface area contributed by atoms with Gasteiger partial charge in [-0.15, -0.1) is 0 Å². The van der Waals surface area contributed by atoms with Gasteiger partial charge in [0.2, 0.25) is 0 Å². The molecule has 0 aliphatic rings. The molecule has 3 heteroatoms. The third-order valence-electron chi connectivity index (χ3n) is 3.21. The van der Waals surface area contributed by atoms with Crippen molar-refractivity contribution < 1.29 is 14.3 Å². The van der Waals surface area contributed by atoms with E-state index in [1.165, 1.54) is 6.08 Å². The Bertz CT molecular complexity index is 217. The Kier molecular flexibility index (Phi) is 9.66. The van der Waals surface area contributed by atoms with Gasteiger partial charge in [0.05, 0.1) is 10.9 Å². The second kappa shape index (κ2) is 10.1. The van der Waals surface area contributed by atoms with E-state index < -0.39 is 0 Å². The van der Waals surface area contributed by atoms with Crippen molar-refractivity contribution in [2.75, 3.05) is 19.6 Å². The lowest BCUT2D eigenvalue weighted by atomic mass is 10.2. The molecule has 0 bridgehead atoms. The normalized spacial score (nSPS) is 11.3. The maximum absolute atomic E-state index is 11.6. The van der Waals surface area contributed by atoms with Crippen molar-refractivity contribution in [1.82, 2.24) is 0 Å². The minimum atomic E-state index is -0.293. The van der Waals surface area contributed by atoms with Gasteiger partial charge in [0.1, 0.15) is 19.6 Å². The molecule has 0 aliphatic carbocycles. The van der Waals surface area contributed by atoms with Crippen LogP contribution in [0.1, 0.15) is 59.3 Å². The van der Waals surface area contributed by atoms with Crippen LogP contribution in [0.15, 0.2) is 12.7 Å². The van der Waals surface area contributed by atoms with Crippen LogP contribution in [0.4, 0.5) is 0 Å². The van der Waals surface area contributed by atoms with E-state index in [0.29, 0.717) is 4.65 Å². The Hall–Kier alpha value is -0.830. The Morgan fingerprint density at radius 2 is 1.39 bits per heavy atom. The van der Waals surface area contributed by atoms with Crippen LogP contribution in [-0.4, -0.2) is 30.2 Å². The SMILES string of the molecule is C=CC(=[O+])O[N+](CCCC)(CCCC)CCCC. The molecule has 1 radical (unpaired) electrons. The van der Waals surface area contributed by atoms with E-state index in [4.69, 9.17) is 4.84 Å². The summed E-state index contributed by atoms with van der Waals surface area (Å²) in [5.74, 6) is -0.293. The molecule has 18 heavy (non-hydrogen) atoms. The highest BCUT2D eigenvalue weighted by Gasteiger charge is 2.39. The molecule has 0 aromatic rings. The molecule has 0 heterocycles. The number of rotatable bonds is 11. The zero-order valence-electron chi connectivity index (χ0n) is 12.4. The van der Waals surface area contributed by atoms with Gasteiger partial charge in [-0.25, -0.2) is 0 Å². The first kappa shape index (κ1) is 17.2. The van der Waals surface area contributed by atoms with Crippen LogP contribution in [0.5, 0.6) is 0 Å². The van der Waals surface area contributed by atoms with E-state index >= 15 is 0 Å². The molecule has 105 valence electrons. The average Bonchev–Trinajstić information content (AvgIpc) is 2.40. The number of unbranched alkanes of at least 4 members (excludes halogenated alkanes) is 3. The first-order chi connectivity index (χ1) is 8.64. The molecule has 0 aromatic heterocycles. The fourth-order valence-electron chi connectivity index (χ4n) is 2.04. The zero-order chi connectivity index (χ0) is 13.9. The van der Waals surface area contributed by atoms with Gasteiger partial charge in [-0.2, -0.15) is 0 Å².